The Balaban J connectivity index is 0.000000218. The van der Waals surface area contributed by atoms with Gasteiger partial charge in [0, 0.05) is 87.2 Å². The number of nitrogens with zero attached hydrogens (tertiary/aromatic N) is 1. The smallest absolute Gasteiger partial charge is 0.455 e. The van der Waals surface area contributed by atoms with E-state index in [1.807, 2.05) is 166 Å². The number of hydrogen-bond donors (Lipinski definition) is 1. The zero-order valence-corrected chi connectivity index (χ0v) is 38.1. The molecule has 2 aliphatic rings. The number of alkyl halides is 3. The third-order valence-corrected chi connectivity index (χ3v) is 15.6. The molecule has 2 aliphatic carbocycles. The summed E-state index contributed by atoms with van der Waals surface area (Å²) in [7, 11) is -2.78. The maximum absolute atomic E-state index is 13.9. The molecule has 315 valence electrons. The molecule has 0 bridgehead atoms. The van der Waals surface area contributed by atoms with Crippen LogP contribution in [0.2, 0.25) is 0 Å². The van der Waals surface area contributed by atoms with Crippen molar-refractivity contribution in [1.29, 1.82) is 0 Å². The summed E-state index contributed by atoms with van der Waals surface area (Å²) in [6.45, 7) is 8.21. The van der Waals surface area contributed by atoms with Gasteiger partial charge in [-0.15, -0.1) is 0 Å². The number of carbonyl (C=O) groups excluding carboxylic acids is 1. The minimum absolute atomic E-state index is 0. The number of hydrogen-bond acceptors (Lipinski definition) is 4. The second-order valence-corrected chi connectivity index (χ2v) is 19.6. The van der Waals surface area contributed by atoms with Crippen molar-refractivity contribution in [2.45, 2.75) is 44.7 Å². The Morgan fingerprint density at radius 1 is 0.556 bits per heavy atom. The summed E-state index contributed by atoms with van der Waals surface area (Å²) in [5.74, 6) is -3.34. The summed E-state index contributed by atoms with van der Waals surface area (Å²) >= 11 is 0. The Hall–Kier alpha value is -5.18. The van der Waals surface area contributed by atoms with E-state index in [0.29, 0.717) is 5.69 Å². The predicted octanol–water partition coefficient (Wildman–Crippen LogP) is 11.4. The molecule has 1 N–H and O–H groups in total. The fourth-order valence-electron chi connectivity index (χ4n) is 9.36. The molecule has 7 aromatic carbocycles. The van der Waals surface area contributed by atoms with E-state index in [-0.39, 0.29) is 60.3 Å². The van der Waals surface area contributed by atoms with E-state index >= 15 is 0 Å². The van der Waals surface area contributed by atoms with Gasteiger partial charge in [0.2, 0.25) is 0 Å². The maximum Gasteiger partial charge on any atom is 0.455 e. The summed E-state index contributed by atoms with van der Waals surface area (Å²) < 4.78 is 56.3. The summed E-state index contributed by atoms with van der Waals surface area (Å²) in [4.78, 5) is 26.5. The van der Waals surface area contributed by atoms with Crippen LogP contribution in [0.15, 0.2) is 175 Å². The van der Waals surface area contributed by atoms with Gasteiger partial charge in [0.05, 0.1) is 5.52 Å². The Bertz CT molecular complexity index is 3100. The monoisotopic (exact) mass is 996 g/mol. The summed E-state index contributed by atoms with van der Waals surface area (Å²) in [6.07, 6.45) is -5.35. The number of aromatic hydroxyl groups is 1. The third-order valence-electron chi connectivity index (χ3n) is 12.5. The Morgan fingerprint density at radius 3 is 1.44 bits per heavy atom. The molecule has 1 aromatic heterocycles. The maximum atomic E-state index is 13.9. The molecule has 0 unspecified atom stereocenters. The minimum Gasteiger partial charge on any atom is -0.506 e. The summed E-state index contributed by atoms with van der Waals surface area (Å²) in [5.41, 5.74) is 4.67. The first-order valence-corrected chi connectivity index (χ1v) is 22.0. The molecule has 0 spiro atoms. The van der Waals surface area contributed by atoms with E-state index < -0.39 is 46.8 Å². The van der Waals surface area contributed by atoms with Crippen molar-refractivity contribution in [3.05, 3.63) is 208 Å². The number of benzene rings is 7. The molecule has 63 heavy (non-hydrogen) atoms. The number of Topliss-reactive ketones (excluding diaryl/α,β-unsaturated/α-hetero) is 1. The minimum atomic E-state index is -5.35. The number of fused-ring (bicyclic) bond motifs is 7. The second kappa shape index (κ2) is 16.4. The predicted molar refractivity (Wildman–Crippen MR) is 243 cm³/mol. The van der Waals surface area contributed by atoms with Gasteiger partial charge in [-0.25, -0.2) is 0 Å². The van der Waals surface area contributed by atoms with Crippen molar-refractivity contribution in [1.82, 2.24) is 4.57 Å². The van der Waals surface area contributed by atoms with Crippen LogP contribution in [0.3, 0.4) is 0 Å². The fraction of sp³-hybridized carbons (Fsp3) is 0.132. The topological polar surface area (TPSA) is 76.4 Å². The van der Waals surface area contributed by atoms with Gasteiger partial charge in [-0.1, -0.05) is 173 Å². The molecule has 8 aromatic rings. The van der Waals surface area contributed by atoms with E-state index in [2.05, 4.69) is 13.8 Å². The molecule has 0 saturated heterocycles. The molecular formula is C53H41EuF3NO4P. The van der Waals surface area contributed by atoms with Crippen molar-refractivity contribution < 1.29 is 77.0 Å². The molecule has 0 amide bonds. The molecule has 5 nitrogen and oxygen atoms in total. The largest absolute Gasteiger partial charge is 0.506 e. The molecule has 10 rings (SSSR count). The first kappa shape index (κ1) is 44.4. The van der Waals surface area contributed by atoms with Crippen molar-refractivity contribution in [2.75, 3.05) is 0 Å². The number of pyridine rings is 1. The molecule has 0 fully saturated rings. The van der Waals surface area contributed by atoms with Crippen LogP contribution in [0.4, 0.5) is 13.2 Å². The van der Waals surface area contributed by atoms with Crippen LogP contribution in [0.1, 0.15) is 60.3 Å². The molecule has 10 heteroatoms. The molecule has 0 aliphatic heterocycles. The standard InChI is InChI=1S/C35H26F3NO3.C18H15OP.Eu/c1-33(2)24-11-7-5-9-19(24)21-14-13-18(15-26(21)33)39-28-17-27-22(20-10-6-8-12-25(20)34(27,3)4)16-23(28)30(40)29(32(39)42)31(41)35(36,37)38;19-20(16-10-4-1-5-11-16,17-12-6-2-7-13-17)18-14-8-3-9-15-18;/h5-17,40H,1-4H3;1-15H;. The average Bonchev–Trinajstić information content (AvgIpc) is 3.65. The van der Waals surface area contributed by atoms with E-state index in [0.717, 1.165) is 65.0 Å². The van der Waals surface area contributed by atoms with E-state index in [9.17, 15) is 32.4 Å². The Labute approximate surface area is 404 Å². The third kappa shape index (κ3) is 7.22. The van der Waals surface area contributed by atoms with Gasteiger partial charge in [0.25, 0.3) is 11.3 Å². The average molecular weight is 996 g/mol. The van der Waals surface area contributed by atoms with Crippen molar-refractivity contribution in [2.24, 2.45) is 0 Å². The van der Waals surface area contributed by atoms with Crippen LogP contribution in [-0.2, 0) is 15.4 Å². The van der Waals surface area contributed by atoms with Crippen LogP contribution in [0, 0.1) is 49.4 Å². The SMILES string of the molecule is CC1(C)c2ccccc2-c2ccc(-n3c(=O)c(C(=O)C(F)(F)F)c(O)c4cc5c(cc43)C(C)(C)c3ccccc3-5)cc21.O=P(c1ccccc1)(c1ccccc1)c1ccccc1.[Eu]. The zero-order chi connectivity index (χ0) is 43.8. The Morgan fingerprint density at radius 2 is 0.968 bits per heavy atom. The number of aromatic nitrogens is 1. The van der Waals surface area contributed by atoms with Gasteiger partial charge in [0.15, 0.2) is 7.14 Å². The first-order valence-electron chi connectivity index (χ1n) is 20.3. The van der Waals surface area contributed by atoms with E-state index in [1.165, 1.54) is 0 Å². The first-order chi connectivity index (χ1) is 29.6. The second-order valence-electron chi connectivity index (χ2n) is 16.8. The number of carbonyl (C=O) groups is 1. The quantitative estimate of drug-likeness (QED) is 0.138. The van der Waals surface area contributed by atoms with Crippen molar-refractivity contribution in [3.63, 3.8) is 0 Å². The summed E-state index contributed by atoms with van der Waals surface area (Å²) in [5, 5.41) is 13.8. The van der Waals surface area contributed by atoms with Crippen LogP contribution in [0.25, 0.3) is 38.8 Å². The number of halogens is 3. The van der Waals surface area contributed by atoms with Gasteiger partial charge >= 0.3 is 6.18 Å². The van der Waals surface area contributed by atoms with Gasteiger partial charge in [-0.05, 0) is 68.8 Å². The van der Waals surface area contributed by atoms with Gasteiger partial charge in [-0.2, -0.15) is 13.2 Å². The molecular weight excluding hydrogens is 955 g/mol. The normalized spacial score (nSPS) is 14.0. The van der Waals surface area contributed by atoms with Crippen LogP contribution >= 0.6 is 7.14 Å². The van der Waals surface area contributed by atoms with E-state index in [1.54, 1.807) is 18.2 Å². The van der Waals surface area contributed by atoms with Gasteiger partial charge < -0.3 is 9.67 Å². The van der Waals surface area contributed by atoms with Gasteiger partial charge in [0.1, 0.15) is 11.3 Å². The zero-order valence-electron chi connectivity index (χ0n) is 34.7. The molecule has 0 atom stereocenters. The summed E-state index contributed by atoms with van der Waals surface area (Å²) in [6, 6.07) is 53.5. The number of rotatable bonds is 5. The molecule has 1 heterocycles. The van der Waals surface area contributed by atoms with E-state index in [4.69, 9.17) is 0 Å². The Kier molecular flexibility index (Phi) is 11.6. The molecule has 1 radical (unpaired) electrons. The fourth-order valence-corrected chi connectivity index (χ4v) is 12.0. The van der Waals surface area contributed by atoms with Crippen molar-refractivity contribution in [3.8, 4) is 33.7 Å². The van der Waals surface area contributed by atoms with Crippen LogP contribution < -0.4 is 21.5 Å². The van der Waals surface area contributed by atoms with Crippen LogP contribution in [0.5, 0.6) is 5.75 Å². The van der Waals surface area contributed by atoms with Crippen LogP contribution in [-0.4, -0.2) is 21.6 Å². The van der Waals surface area contributed by atoms with Crippen molar-refractivity contribution >= 4 is 39.7 Å². The number of ketones is 1. The molecule has 0 saturated carbocycles. The van der Waals surface area contributed by atoms with Gasteiger partial charge in [-0.3, -0.25) is 14.2 Å².